The van der Waals surface area contributed by atoms with Gasteiger partial charge in [0.2, 0.25) is 10.0 Å². The predicted molar refractivity (Wildman–Crippen MR) is 144 cm³/mol. The third-order valence-electron chi connectivity index (χ3n) is 8.16. The van der Waals surface area contributed by atoms with E-state index in [4.69, 9.17) is 4.98 Å². The van der Waals surface area contributed by atoms with Crippen LogP contribution in [0.3, 0.4) is 0 Å². The molecule has 6 rings (SSSR count). The quantitative estimate of drug-likeness (QED) is 0.436. The van der Waals surface area contributed by atoms with E-state index in [1.165, 1.54) is 0 Å². The molecule has 2 aliphatic carbocycles. The van der Waals surface area contributed by atoms with Gasteiger partial charge in [-0.05, 0) is 64.7 Å². The standard InChI is InChI=1S/C26H34N8O3S/c1-4-38(36,37)33-10-9-17(13-33)11-27-24-26(35)34(16(3)18-5-6-18)25-20(31-24)12-28-23(32-25)21-15(2)29-14-30-22(21)19-7-8-19/h12,14,16-19H,4-11,13H2,1-3H3,(H,27,31)/t16-,17?/m0/s1. The number of aryl methyl sites for hydroxylation is 1. The average Bonchev–Trinajstić information content (AvgIpc) is 3.84. The van der Waals surface area contributed by atoms with Gasteiger partial charge in [0.15, 0.2) is 17.3 Å². The minimum atomic E-state index is -3.21. The normalized spacial score (nSPS) is 21.2. The molecule has 0 radical (unpaired) electrons. The fourth-order valence-corrected chi connectivity index (χ4v) is 6.67. The highest BCUT2D eigenvalue weighted by atomic mass is 32.2. The lowest BCUT2D eigenvalue weighted by atomic mass is 10.1. The van der Waals surface area contributed by atoms with Crippen molar-refractivity contribution in [1.29, 1.82) is 0 Å². The Morgan fingerprint density at radius 2 is 1.89 bits per heavy atom. The zero-order chi connectivity index (χ0) is 26.6. The molecule has 2 saturated carbocycles. The zero-order valence-electron chi connectivity index (χ0n) is 22.1. The van der Waals surface area contributed by atoms with E-state index in [9.17, 15) is 13.2 Å². The van der Waals surface area contributed by atoms with Gasteiger partial charge in [-0.3, -0.25) is 9.36 Å². The summed E-state index contributed by atoms with van der Waals surface area (Å²) in [6, 6.07) is -0.0241. The molecule has 0 spiro atoms. The van der Waals surface area contributed by atoms with Crippen molar-refractivity contribution in [3.05, 3.63) is 34.3 Å². The van der Waals surface area contributed by atoms with Gasteiger partial charge >= 0.3 is 0 Å². The number of fused-ring (bicyclic) bond motifs is 1. The van der Waals surface area contributed by atoms with Crippen molar-refractivity contribution in [2.45, 2.75) is 64.8 Å². The summed E-state index contributed by atoms with van der Waals surface area (Å²) in [7, 11) is -3.21. The highest BCUT2D eigenvalue weighted by Crippen LogP contribution is 2.43. The van der Waals surface area contributed by atoms with Crippen molar-refractivity contribution in [2.75, 3.05) is 30.7 Å². The van der Waals surface area contributed by atoms with E-state index < -0.39 is 10.0 Å². The van der Waals surface area contributed by atoms with Gasteiger partial charge in [-0.15, -0.1) is 0 Å². The molecule has 3 aromatic heterocycles. The molecule has 1 saturated heterocycles. The molecular weight excluding hydrogens is 504 g/mol. The zero-order valence-corrected chi connectivity index (χ0v) is 22.9. The Bertz CT molecular complexity index is 1550. The van der Waals surface area contributed by atoms with E-state index in [2.05, 4.69) is 32.2 Å². The first-order chi connectivity index (χ1) is 18.3. The molecule has 202 valence electrons. The Morgan fingerprint density at radius 1 is 1.11 bits per heavy atom. The predicted octanol–water partition coefficient (Wildman–Crippen LogP) is 2.88. The van der Waals surface area contributed by atoms with Gasteiger partial charge in [-0.1, -0.05) is 0 Å². The highest BCUT2D eigenvalue weighted by Gasteiger charge is 2.34. The first-order valence-electron chi connectivity index (χ1n) is 13.6. The Hall–Kier alpha value is -2.99. The molecule has 3 aromatic rings. The van der Waals surface area contributed by atoms with Crippen LogP contribution in [-0.4, -0.2) is 67.6 Å². The Kier molecular flexibility index (Phi) is 6.42. The SMILES string of the molecule is CCS(=O)(=O)N1CCC(CNc2nc3cnc(-c4c(C)ncnc4C4CC4)nc3n([C@@H](C)C3CC3)c2=O)C1. The highest BCUT2D eigenvalue weighted by molar-refractivity contribution is 7.89. The van der Waals surface area contributed by atoms with Crippen LogP contribution in [-0.2, 0) is 10.0 Å². The number of aromatic nitrogens is 6. The van der Waals surface area contributed by atoms with Crippen LogP contribution in [0, 0.1) is 18.8 Å². The second-order valence-electron chi connectivity index (χ2n) is 10.9. The summed E-state index contributed by atoms with van der Waals surface area (Å²) in [5, 5.41) is 3.24. The Balaban J connectivity index is 1.35. The van der Waals surface area contributed by atoms with E-state index in [1.54, 1.807) is 28.3 Å². The van der Waals surface area contributed by atoms with Gasteiger partial charge in [-0.25, -0.2) is 37.6 Å². The van der Waals surface area contributed by atoms with Crippen molar-refractivity contribution in [2.24, 2.45) is 11.8 Å². The van der Waals surface area contributed by atoms with Crippen molar-refractivity contribution in [3.8, 4) is 11.4 Å². The molecular formula is C26H34N8O3S. The van der Waals surface area contributed by atoms with Crippen molar-refractivity contribution in [3.63, 3.8) is 0 Å². The van der Waals surface area contributed by atoms with Crippen molar-refractivity contribution in [1.82, 2.24) is 33.8 Å². The number of sulfonamides is 1. The van der Waals surface area contributed by atoms with Crippen LogP contribution in [0.4, 0.5) is 5.82 Å². The van der Waals surface area contributed by atoms with Crippen LogP contribution in [0.2, 0.25) is 0 Å². The Morgan fingerprint density at radius 3 is 2.61 bits per heavy atom. The monoisotopic (exact) mass is 538 g/mol. The average molecular weight is 539 g/mol. The number of nitrogens with one attached hydrogen (secondary N) is 1. The van der Waals surface area contributed by atoms with Crippen molar-refractivity contribution >= 4 is 27.0 Å². The van der Waals surface area contributed by atoms with E-state index in [-0.39, 0.29) is 29.1 Å². The van der Waals surface area contributed by atoms with E-state index in [1.807, 2.05) is 6.92 Å². The van der Waals surface area contributed by atoms with Crippen LogP contribution in [0.15, 0.2) is 17.3 Å². The van der Waals surface area contributed by atoms with Gasteiger partial charge in [0, 0.05) is 31.6 Å². The van der Waals surface area contributed by atoms with E-state index >= 15 is 0 Å². The van der Waals surface area contributed by atoms with Crippen LogP contribution >= 0.6 is 0 Å². The summed E-state index contributed by atoms with van der Waals surface area (Å²) in [5.41, 5.74) is 3.52. The lowest BCUT2D eigenvalue weighted by Crippen LogP contribution is -2.32. The molecule has 1 aliphatic heterocycles. The maximum Gasteiger partial charge on any atom is 0.295 e. The van der Waals surface area contributed by atoms with Crippen LogP contribution in [0.1, 0.15) is 69.3 Å². The topological polar surface area (TPSA) is 136 Å². The number of anilines is 1. The summed E-state index contributed by atoms with van der Waals surface area (Å²) in [6.07, 6.45) is 8.39. The van der Waals surface area contributed by atoms with Crippen LogP contribution < -0.4 is 10.9 Å². The molecule has 0 amide bonds. The molecule has 2 atom stereocenters. The van der Waals surface area contributed by atoms with Gasteiger partial charge < -0.3 is 5.32 Å². The number of hydrogen-bond acceptors (Lipinski definition) is 9. The second-order valence-corrected chi connectivity index (χ2v) is 13.2. The molecule has 1 unspecified atom stereocenters. The minimum absolute atomic E-state index is 0.0241. The van der Waals surface area contributed by atoms with Gasteiger partial charge in [0.1, 0.15) is 11.8 Å². The summed E-state index contributed by atoms with van der Waals surface area (Å²) in [5.74, 6) is 1.83. The molecule has 38 heavy (non-hydrogen) atoms. The maximum atomic E-state index is 13.8. The van der Waals surface area contributed by atoms with Gasteiger partial charge in [0.25, 0.3) is 5.56 Å². The summed E-state index contributed by atoms with van der Waals surface area (Å²) >= 11 is 0. The number of nitrogens with zero attached hydrogens (tertiary/aromatic N) is 7. The molecule has 0 bridgehead atoms. The molecule has 3 aliphatic rings. The Labute approximate surface area is 222 Å². The molecule has 4 heterocycles. The third kappa shape index (κ3) is 4.68. The van der Waals surface area contributed by atoms with E-state index in [0.717, 1.165) is 49.1 Å². The fourth-order valence-electron chi connectivity index (χ4n) is 5.48. The number of hydrogen-bond donors (Lipinski definition) is 1. The van der Waals surface area contributed by atoms with Crippen LogP contribution in [0.5, 0.6) is 0 Å². The maximum absolute atomic E-state index is 13.8. The first-order valence-corrected chi connectivity index (χ1v) is 15.2. The summed E-state index contributed by atoms with van der Waals surface area (Å²) in [6.45, 7) is 7.12. The smallest absolute Gasteiger partial charge is 0.295 e. The second kappa shape index (κ2) is 9.64. The van der Waals surface area contributed by atoms with E-state index in [0.29, 0.717) is 48.5 Å². The van der Waals surface area contributed by atoms with Gasteiger partial charge in [-0.2, -0.15) is 0 Å². The molecule has 12 heteroatoms. The number of rotatable bonds is 9. The first kappa shape index (κ1) is 25.3. The summed E-state index contributed by atoms with van der Waals surface area (Å²) < 4.78 is 27.8. The van der Waals surface area contributed by atoms with Gasteiger partial charge in [0.05, 0.1) is 28.9 Å². The minimum Gasteiger partial charge on any atom is -0.365 e. The van der Waals surface area contributed by atoms with Crippen molar-refractivity contribution < 1.29 is 8.42 Å². The largest absolute Gasteiger partial charge is 0.365 e. The fraction of sp³-hybridized carbons (Fsp3) is 0.615. The lowest BCUT2D eigenvalue weighted by Gasteiger charge is -2.20. The molecule has 3 fully saturated rings. The molecule has 11 nitrogen and oxygen atoms in total. The summed E-state index contributed by atoms with van der Waals surface area (Å²) in [4.78, 5) is 36.9. The molecule has 1 N–H and O–H groups in total. The third-order valence-corrected chi connectivity index (χ3v) is 10.0. The van der Waals surface area contributed by atoms with Crippen LogP contribution in [0.25, 0.3) is 22.6 Å². The molecule has 0 aromatic carbocycles. The lowest BCUT2D eigenvalue weighted by molar-refractivity contribution is 0.462.